The van der Waals surface area contributed by atoms with Crippen molar-refractivity contribution in [2.75, 3.05) is 11.6 Å². The van der Waals surface area contributed by atoms with Crippen LogP contribution >= 0.6 is 0 Å². The molecule has 4 rings (SSSR count). The molecule has 1 heterocycles. The van der Waals surface area contributed by atoms with Crippen molar-refractivity contribution in [1.82, 2.24) is 9.97 Å². The zero-order chi connectivity index (χ0) is 17.6. The maximum absolute atomic E-state index is 13.0. The Morgan fingerprint density at radius 3 is 2.60 bits per heavy atom. The lowest BCUT2D eigenvalue weighted by atomic mass is 10.1. The van der Waals surface area contributed by atoms with Crippen molar-refractivity contribution < 1.29 is 12.8 Å². The number of sulfone groups is 1. The molecule has 0 amide bonds. The first-order valence-corrected chi connectivity index (χ1v) is 9.78. The summed E-state index contributed by atoms with van der Waals surface area (Å²) in [5.74, 6) is 0.665. The summed E-state index contributed by atoms with van der Waals surface area (Å²) in [6.45, 7) is 0. The third-order valence-electron chi connectivity index (χ3n) is 4.45. The minimum atomic E-state index is -3.30. The lowest BCUT2D eigenvalue weighted by Crippen LogP contribution is -2.07. The predicted octanol–water partition coefficient (Wildman–Crippen LogP) is 3.14. The van der Waals surface area contributed by atoms with Crippen molar-refractivity contribution >= 4 is 26.6 Å². The summed E-state index contributed by atoms with van der Waals surface area (Å²) in [6.07, 6.45) is 3.56. The Balaban J connectivity index is 1.63. The van der Waals surface area contributed by atoms with Gasteiger partial charge in [0.2, 0.25) is 0 Å². The van der Waals surface area contributed by atoms with Gasteiger partial charge in [-0.05, 0) is 42.3 Å². The summed E-state index contributed by atoms with van der Waals surface area (Å²) in [7, 11) is -3.30. The van der Waals surface area contributed by atoms with E-state index in [9.17, 15) is 12.8 Å². The number of rotatable bonds is 4. The first kappa shape index (κ1) is 16.0. The smallest absolute Gasteiger partial charge is 0.175 e. The van der Waals surface area contributed by atoms with Crippen molar-refractivity contribution in [3.63, 3.8) is 0 Å². The third kappa shape index (κ3) is 3.19. The van der Waals surface area contributed by atoms with E-state index in [1.807, 2.05) is 0 Å². The Morgan fingerprint density at radius 1 is 1.12 bits per heavy atom. The number of hydrogen-bond donors (Lipinski definition) is 1. The summed E-state index contributed by atoms with van der Waals surface area (Å²) in [5.41, 5.74) is 1.76. The van der Waals surface area contributed by atoms with Crippen molar-refractivity contribution in [3.8, 4) is 0 Å². The summed E-state index contributed by atoms with van der Waals surface area (Å²) in [4.78, 5) is 8.71. The Hall–Kier alpha value is -2.54. The normalized spacial score (nSPS) is 19.8. The van der Waals surface area contributed by atoms with Crippen molar-refractivity contribution in [1.29, 1.82) is 0 Å². The molecule has 1 saturated carbocycles. The van der Waals surface area contributed by atoms with E-state index in [1.165, 1.54) is 24.7 Å². The van der Waals surface area contributed by atoms with Crippen LogP contribution in [0.5, 0.6) is 0 Å². The van der Waals surface area contributed by atoms with E-state index in [1.54, 1.807) is 30.3 Å². The van der Waals surface area contributed by atoms with Crippen LogP contribution in [0.15, 0.2) is 53.7 Å². The Kier molecular flexibility index (Phi) is 3.68. The molecule has 1 N–H and O–H groups in total. The molecular formula is C18H16FN3O2S. The van der Waals surface area contributed by atoms with Gasteiger partial charge in [-0.2, -0.15) is 0 Å². The van der Waals surface area contributed by atoms with Crippen LogP contribution in [0.4, 0.5) is 10.2 Å². The second-order valence-electron chi connectivity index (χ2n) is 6.32. The van der Waals surface area contributed by atoms with E-state index < -0.39 is 9.84 Å². The molecule has 2 aromatic carbocycles. The average Bonchev–Trinajstić information content (AvgIpc) is 3.34. The van der Waals surface area contributed by atoms with Crippen LogP contribution in [-0.4, -0.2) is 30.7 Å². The highest BCUT2D eigenvalue weighted by Gasteiger charge is 2.38. The zero-order valence-corrected chi connectivity index (χ0v) is 14.3. The van der Waals surface area contributed by atoms with E-state index >= 15 is 0 Å². The molecule has 2 atom stereocenters. The van der Waals surface area contributed by atoms with Gasteiger partial charge in [-0.25, -0.2) is 22.8 Å². The predicted molar refractivity (Wildman–Crippen MR) is 93.8 cm³/mol. The molecule has 0 radical (unpaired) electrons. The van der Waals surface area contributed by atoms with E-state index in [2.05, 4.69) is 15.3 Å². The van der Waals surface area contributed by atoms with Crippen molar-refractivity contribution in [2.45, 2.75) is 23.3 Å². The molecule has 0 unspecified atom stereocenters. The van der Waals surface area contributed by atoms with Gasteiger partial charge in [0.1, 0.15) is 18.0 Å². The van der Waals surface area contributed by atoms with Crippen LogP contribution in [0, 0.1) is 5.82 Å². The summed E-state index contributed by atoms with van der Waals surface area (Å²) in [6, 6.07) is 11.5. The Morgan fingerprint density at radius 2 is 1.88 bits per heavy atom. The van der Waals surface area contributed by atoms with Crippen LogP contribution in [0.25, 0.3) is 10.9 Å². The molecule has 1 aliphatic rings. The van der Waals surface area contributed by atoms with Crippen LogP contribution in [0.3, 0.4) is 0 Å². The molecule has 5 nitrogen and oxygen atoms in total. The molecular weight excluding hydrogens is 341 g/mol. The Bertz CT molecular complexity index is 1050. The van der Waals surface area contributed by atoms with Crippen molar-refractivity contribution in [3.05, 3.63) is 60.2 Å². The van der Waals surface area contributed by atoms with Crippen LogP contribution in [-0.2, 0) is 9.84 Å². The molecule has 1 fully saturated rings. The quantitative estimate of drug-likeness (QED) is 0.777. The highest BCUT2D eigenvalue weighted by atomic mass is 32.2. The van der Waals surface area contributed by atoms with Crippen LogP contribution in [0.2, 0.25) is 0 Å². The fourth-order valence-corrected chi connectivity index (χ4v) is 3.64. The maximum atomic E-state index is 13.0. The van der Waals surface area contributed by atoms with Gasteiger partial charge in [0.15, 0.2) is 9.84 Å². The fraction of sp³-hybridized carbons (Fsp3) is 0.222. The largest absolute Gasteiger partial charge is 0.366 e. The zero-order valence-electron chi connectivity index (χ0n) is 13.5. The highest BCUT2D eigenvalue weighted by molar-refractivity contribution is 7.90. The number of fused-ring (bicyclic) bond motifs is 1. The summed E-state index contributed by atoms with van der Waals surface area (Å²) in [5, 5.41) is 4.04. The summed E-state index contributed by atoms with van der Waals surface area (Å²) >= 11 is 0. The lowest BCUT2D eigenvalue weighted by Gasteiger charge is -2.09. The molecule has 1 aromatic heterocycles. The van der Waals surface area contributed by atoms with Gasteiger partial charge in [0.25, 0.3) is 0 Å². The molecule has 128 valence electrons. The van der Waals surface area contributed by atoms with Gasteiger partial charge >= 0.3 is 0 Å². The fourth-order valence-electron chi connectivity index (χ4n) is 2.99. The molecule has 0 spiro atoms. The lowest BCUT2D eigenvalue weighted by molar-refractivity contribution is 0.602. The number of nitrogens with one attached hydrogen (secondary N) is 1. The SMILES string of the molecule is CS(=O)(=O)c1ccc2ncnc(N[C@@H]3C[C@H]3c3ccc(F)cc3)c2c1. The van der Waals surface area contributed by atoms with Gasteiger partial charge in [-0.1, -0.05) is 12.1 Å². The van der Waals surface area contributed by atoms with Gasteiger partial charge in [-0.15, -0.1) is 0 Å². The minimum absolute atomic E-state index is 0.186. The molecule has 7 heteroatoms. The molecule has 1 aliphatic carbocycles. The first-order chi connectivity index (χ1) is 11.9. The Labute approximate surface area is 144 Å². The highest BCUT2D eigenvalue weighted by Crippen LogP contribution is 2.43. The van der Waals surface area contributed by atoms with Crippen LogP contribution < -0.4 is 5.32 Å². The monoisotopic (exact) mass is 357 g/mol. The number of aromatic nitrogens is 2. The van der Waals surface area contributed by atoms with Crippen molar-refractivity contribution in [2.24, 2.45) is 0 Å². The first-order valence-electron chi connectivity index (χ1n) is 7.88. The van der Waals surface area contributed by atoms with Crippen LogP contribution in [0.1, 0.15) is 17.9 Å². The molecule has 0 saturated heterocycles. The second kappa shape index (κ2) is 5.77. The average molecular weight is 357 g/mol. The van der Waals surface area contributed by atoms with Gasteiger partial charge < -0.3 is 5.32 Å². The topological polar surface area (TPSA) is 72.0 Å². The summed E-state index contributed by atoms with van der Waals surface area (Å²) < 4.78 is 36.6. The number of hydrogen-bond acceptors (Lipinski definition) is 5. The van der Waals surface area contributed by atoms with Gasteiger partial charge in [0, 0.05) is 23.6 Å². The number of nitrogens with zero attached hydrogens (tertiary/aromatic N) is 2. The van der Waals surface area contributed by atoms with E-state index in [0.717, 1.165) is 12.0 Å². The van der Waals surface area contributed by atoms with Gasteiger partial charge in [0.05, 0.1) is 10.4 Å². The molecule has 3 aromatic rings. The molecule has 25 heavy (non-hydrogen) atoms. The minimum Gasteiger partial charge on any atom is -0.366 e. The third-order valence-corrected chi connectivity index (χ3v) is 5.56. The van der Waals surface area contributed by atoms with E-state index in [4.69, 9.17) is 0 Å². The molecule has 0 bridgehead atoms. The standard InChI is InChI=1S/C18H16FN3O2S/c1-25(23,24)13-6-7-16-15(8-13)18(21-10-20-16)22-17-9-14(17)11-2-4-12(19)5-3-11/h2-8,10,14,17H,9H2,1H3,(H,20,21,22)/t14-,17+/m0/s1. The molecule has 0 aliphatic heterocycles. The number of halogens is 1. The van der Waals surface area contributed by atoms with Gasteiger partial charge in [-0.3, -0.25) is 0 Å². The maximum Gasteiger partial charge on any atom is 0.175 e. The number of anilines is 1. The number of benzene rings is 2. The van der Waals surface area contributed by atoms with E-state index in [0.29, 0.717) is 22.6 Å². The second-order valence-corrected chi connectivity index (χ2v) is 8.33. The van der Waals surface area contributed by atoms with E-state index in [-0.39, 0.29) is 16.8 Å².